The minimum absolute atomic E-state index is 0.0361. The lowest BCUT2D eigenvalue weighted by Crippen LogP contribution is -2.21. The highest BCUT2D eigenvalue weighted by Gasteiger charge is 2.27. The molecule has 6 nitrogen and oxygen atoms in total. The highest BCUT2D eigenvalue weighted by Crippen LogP contribution is 2.32. The van der Waals surface area contributed by atoms with Crippen LogP contribution in [0.2, 0.25) is 0 Å². The summed E-state index contributed by atoms with van der Waals surface area (Å²) in [6.45, 7) is -0.120. The van der Waals surface area contributed by atoms with Crippen molar-refractivity contribution < 1.29 is 29.3 Å². The summed E-state index contributed by atoms with van der Waals surface area (Å²) in [5, 5.41) is 18.7. The number of rotatable bonds is 0. The van der Waals surface area contributed by atoms with Crippen LogP contribution in [0.25, 0.3) is 0 Å². The number of benzene rings is 1. The van der Waals surface area contributed by atoms with Gasteiger partial charge in [-0.3, -0.25) is 0 Å². The Morgan fingerprint density at radius 1 is 1.00 bits per heavy atom. The van der Waals surface area contributed by atoms with E-state index >= 15 is 0 Å². The van der Waals surface area contributed by atoms with Gasteiger partial charge in [0, 0.05) is 0 Å². The molecular weight excluding hydrogens is 216 g/mol. The highest BCUT2D eigenvalue weighted by atomic mass is 16.6. The van der Waals surface area contributed by atoms with Gasteiger partial charge in [-0.25, -0.2) is 9.59 Å². The monoisotopic (exact) mass is 224 g/mol. The number of phenolic OH excluding ortho intramolecular Hbond substituents is 2. The van der Waals surface area contributed by atoms with E-state index < -0.39 is 23.4 Å². The fourth-order valence-corrected chi connectivity index (χ4v) is 1.38. The molecule has 0 spiro atoms. The van der Waals surface area contributed by atoms with Gasteiger partial charge in [0.1, 0.15) is 18.8 Å². The second kappa shape index (κ2) is 3.73. The molecule has 0 aromatic heterocycles. The molecule has 0 atom stereocenters. The van der Waals surface area contributed by atoms with Gasteiger partial charge >= 0.3 is 11.9 Å². The van der Waals surface area contributed by atoms with Crippen LogP contribution in [-0.2, 0) is 9.47 Å². The van der Waals surface area contributed by atoms with E-state index in [1.165, 1.54) is 6.07 Å². The Morgan fingerprint density at radius 2 is 1.62 bits per heavy atom. The molecule has 1 aromatic carbocycles. The maximum Gasteiger partial charge on any atom is 0.343 e. The first kappa shape index (κ1) is 10.3. The van der Waals surface area contributed by atoms with Crippen molar-refractivity contribution in [2.24, 2.45) is 0 Å². The van der Waals surface area contributed by atoms with Gasteiger partial charge in [-0.05, 0) is 12.1 Å². The number of aromatic hydroxyl groups is 2. The average Bonchev–Trinajstić information content (AvgIpc) is 2.25. The number of cyclic esters (lactones) is 2. The Labute approximate surface area is 90.0 Å². The Bertz CT molecular complexity index is 465. The summed E-state index contributed by atoms with van der Waals surface area (Å²) in [5.74, 6) is -2.77. The molecule has 16 heavy (non-hydrogen) atoms. The van der Waals surface area contributed by atoms with Crippen molar-refractivity contribution in [2.45, 2.75) is 0 Å². The first-order chi connectivity index (χ1) is 7.61. The quantitative estimate of drug-likeness (QED) is 0.490. The first-order valence-electron chi connectivity index (χ1n) is 4.50. The van der Waals surface area contributed by atoms with Crippen LogP contribution in [0.5, 0.6) is 11.5 Å². The van der Waals surface area contributed by atoms with Gasteiger partial charge in [0.15, 0.2) is 11.5 Å². The van der Waals surface area contributed by atoms with Crippen LogP contribution in [0.15, 0.2) is 12.1 Å². The Balaban J connectivity index is 2.64. The third-order valence-electron chi connectivity index (χ3n) is 2.13. The van der Waals surface area contributed by atoms with Gasteiger partial charge < -0.3 is 19.7 Å². The predicted molar refractivity (Wildman–Crippen MR) is 50.3 cm³/mol. The van der Waals surface area contributed by atoms with Crippen LogP contribution in [0, 0.1) is 0 Å². The molecule has 1 heterocycles. The summed E-state index contributed by atoms with van der Waals surface area (Å²) in [5.41, 5.74) is -0.496. The lowest BCUT2D eigenvalue weighted by atomic mass is 10.1. The Hall–Kier alpha value is -2.24. The van der Waals surface area contributed by atoms with Crippen LogP contribution in [0.1, 0.15) is 20.7 Å². The van der Waals surface area contributed by atoms with Gasteiger partial charge in [0.05, 0.1) is 5.56 Å². The zero-order valence-corrected chi connectivity index (χ0v) is 8.10. The van der Waals surface area contributed by atoms with Crippen molar-refractivity contribution in [1.29, 1.82) is 0 Å². The molecular formula is C10H8O6. The van der Waals surface area contributed by atoms with Crippen molar-refractivity contribution in [3.63, 3.8) is 0 Å². The lowest BCUT2D eigenvalue weighted by Gasteiger charge is -2.15. The van der Waals surface area contributed by atoms with Crippen molar-refractivity contribution >= 4 is 11.9 Å². The van der Waals surface area contributed by atoms with Crippen molar-refractivity contribution in [3.8, 4) is 11.5 Å². The second-order valence-electron chi connectivity index (χ2n) is 3.13. The topological polar surface area (TPSA) is 93.1 Å². The fourth-order valence-electron chi connectivity index (χ4n) is 1.38. The van der Waals surface area contributed by atoms with Crippen LogP contribution in [0.3, 0.4) is 0 Å². The van der Waals surface area contributed by atoms with Crippen molar-refractivity contribution in [3.05, 3.63) is 23.3 Å². The van der Waals surface area contributed by atoms with Crippen LogP contribution < -0.4 is 0 Å². The number of ether oxygens (including phenoxy) is 2. The smallest absolute Gasteiger partial charge is 0.343 e. The minimum atomic E-state index is -0.861. The van der Waals surface area contributed by atoms with Crippen LogP contribution >= 0.6 is 0 Å². The number of phenols is 2. The molecule has 0 saturated carbocycles. The van der Waals surface area contributed by atoms with Gasteiger partial charge in [0.2, 0.25) is 0 Å². The largest absolute Gasteiger partial charge is 0.504 e. The highest BCUT2D eigenvalue weighted by molar-refractivity contribution is 6.06. The number of esters is 2. The predicted octanol–water partition coefficient (Wildman–Crippen LogP) is 0.425. The molecule has 0 saturated heterocycles. The SMILES string of the molecule is O=C1OCCOC(=O)c2c1ccc(O)c2O. The van der Waals surface area contributed by atoms with E-state index in [4.69, 9.17) is 9.47 Å². The molecule has 0 bridgehead atoms. The zero-order valence-electron chi connectivity index (χ0n) is 8.10. The van der Waals surface area contributed by atoms with Crippen molar-refractivity contribution in [1.82, 2.24) is 0 Å². The molecule has 1 aliphatic heterocycles. The zero-order chi connectivity index (χ0) is 11.7. The standard InChI is InChI=1S/C10H8O6/c11-6-2-1-5-7(8(6)12)10(14)16-4-3-15-9(5)13/h1-2,11-12H,3-4H2. The minimum Gasteiger partial charge on any atom is -0.504 e. The normalized spacial score (nSPS) is 15.5. The first-order valence-corrected chi connectivity index (χ1v) is 4.50. The summed E-state index contributed by atoms with van der Waals surface area (Å²) >= 11 is 0. The summed E-state index contributed by atoms with van der Waals surface area (Å²) in [6.07, 6.45) is 0. The molecule has 1 aromatic rings. The lowest BCUT2D eigenvalue weighted by molar-refractivity contribution is 0.0221. The third-order valence-corrected chi connectivity index (χ3v) is 2.13. The molecule has 0 unspecified atom stereocenters. The molecule has 0 fully saturated rings. The van der Waals surface area contributed by atoms with E-state index in [1.807, 2.05) is 0 Å². The maximum atomic E-state index is 11.5. The average molecular weight is 224 g/mol. The second-order valence-corrected chi connectivity index (χ2v) is 3.13. The Morgan fingerprint density at radius 3 is 2.31 bits per heavy atom. The third kappa shape index (κ3) is 1.54. The number of hydrogen-bond donors (Lipinski definition) is 2. The van der Waals surface area contributed by atoms with E-state index in [0.29, 0.717) is 0 Å². The van der Waals surface area contributed by atoms with Gasteiger partial charge in [-0.2, -0.15) is 0 Å². The van der Waals surface area contributed by atoms with Crippen LogP contribution in [0.4, 0.5) is 0 Å². The van der Waals surface area contributed by atoms with E-state index in [-0.39, 0.29) is 24.3 Å². The number of carbonyl (C=O) groups is 2. The fraction of sp³-hybridized carbons (Fsp3) is 0.200. The van der Waals surface area contributed by atoms with E-state index in [0.717, 1.165) is 6.07 Å². The molecule has 1 aliphatic rings. The van der Waals surface area contributed by atoms with Gasteiger partial charge in [-0.15, -0.1) is 0 Å². The van der Waals surface area contributed by atoms with Gasteiger partial charge in [-0.1, -0.05) is 0 Å². The summed E-state index contributed by atoms with van der Waals surface area (Å²) in [6, 6.07) is 2.30. The molecule has 2 rings (SSSR count). The number of fused-ring (bicyclic) bond motifs is 1. The number of carbonyl (C=O) groups excluding carboxylic acids is 2. The molecule has 84 valence electrons. The molecule has 0 amide bonds. The van der Waals surface area contributed by atoms with E-state index in [1.54, 1.807) is 0 Å². The van der Waals surface area contributed by atoms with E-state index in [2.05, 4.69) is 0 Å². The Kier molecular flexibility index (Phi) is 2.40. The molecule has 0 radical (unpaired) electrons. The molecule has 0 aliphatic carbocycles. The summed E-state index contributed by atoms with van der Waals surface area (Å²) in [7, 11) is 0. The van der Waals surface area contributed by atoms with Crippen LogP contribution in [-0.4, -0.2) is 35.4 Å². The molecule has 6 heteroatoms. The maximum absolute atomic E-state index is 11.5. The number of hydrogen-bond acceptors (Lipinski definition) is 6. The van der Waals surface area contributed by atoms with E-state index in [9.17, 15) is 19.8 Å². The molecule has 2 N–H and O–H groups in total. The van der Waals surface area contributed by atoms with Crippen molar-refractivity contribution in [2.75, 3.05) is 13.2 Å². The summed E-state index contributed by atoms with van der Waals surface area (Å²) < 4.78 is 9.45. The summed E-state index contributed by atoms with van der Waals surface area (Å²) in [4.78, 5) is 22.9. The van der Waals surface area contributed by atoms with Gasteiger partial charge in [0.25, 0.3) is 0 Å².